The number of carbonyl (C=O) groups excluding carboxylic acids is 1. The SMILES string of the molecule is COC(=O)c1ccc2c(=O)[nH]c(CN(C)C3CCCc4ccccc43)nc2c1. The number of benzene rings is 2. The predicted molar refractivity (Wildman–Crippen MR) is 107 cm³/mol. The minimum absolute atomic E-state index is 0.200. The summed E-state index contributed by atoms with van der Waals surface area (Å²) >= 11 is 0. The largest absolute Gasteiger partial charge is 0.465 e. The number of fused-ring (bicyclic) bond motifs is 2. The van der Waals surface area contributed by atoms with Crippen LogP contribution in [-0.2, 0) is 17.7 Å². The van der Waals surface area contributed by atoms with E-state index in [0.717, 1.165) is 19.3 Å². The van der Waals surface area contributed by atoms with Gasteiger partial charge in [0.2, 0.25) is 0 Å². The maximum atomic E-state index is 12.5. The fourth-order valence-corrected chi connectivity index (χ4v) is 4.04. The van der Waals surface area contributed by atoms with Crippen molar-refractivity contribution >= 4 is 16.9 Å². The Bertz CT molecular complexity index is 1090. The molecule has 6 nitrogen and oxygen atoms in total. The number of rotatable bonds is 4. The van der Waals surface area contributed by atoms with Crippen LogP contribution in [0.5, 0.6) is 0 Å². The van der Waals surface area contributed by atoms with E-state index in [4.69, 9.17) is 4.74 Å². The number of nitrogens with zero attached hydrogens (tertiary/aromatic N) is 2. The van der Waals surface area contributed by atoms with E-state index in [1.54, 1.807) is 18.2 Å². The van der Waals surface area contributed by atoms with Gasteiger partial charge < -0.3 is 9.72 Å². The van der Waals surface area contributed by atoms with Crippen molar-refractivity contribution in [2.75, 3.05) is 14.2 Å². The van der Waals surface area contributed by atoms with Crippen molar-refractivity contribution in [3.05, 3.63) is 75.3 Å². The summed E-state index contributed by atoms with van der Waals surface area (Å²) in [6.07, 6.45) is 3.34. The van der Waals surface area contributed by atoms with Crippen molar-refractivity contribution in [1.82, 2.24) is 14.9 Å². The molecule has 0 radical (unpaired) electrons. The van der Waals surface area contributed by atoms with Gasteiger partial charge in [-0.1, -0.05) is 24.3 Å². The summed E-state index contributed by atoms with van der Waals surface area (Å²) in [4.78, 5) is 34.0. The summed E-state index contributed by atoms with van der Waals surface area (Å²) in [5.74, 6) is 0.145. The Labute approximate surface area is 163 Å². The highest BCUT2D eigenvalue weighted by molar-refractivity contribution is 5.93. The Balaban J connectivity index is 1.64. The van der Waals surface area contributed by atoms with E-state index < -0.39 is 5.97 Å². The minimum Gasteiger partial charge on any atom is -0.465 e. The second-order valence-electron chi connectivity index (χ2n) is 7.26. The van der Waals surface area contributed by atoms with Crippen LogP contribution in [0.4, 0.5) is 0 Å². The molecule has 0 aliphatic heterocycles. The Hall–Kier alpha value is -2.99. The van der Waals surface area contributed by atoms with Crippen molar-refractivity contribution in [1.29, 1.82) is 0 Å². The van der Waals surface area contributed by atoms with Gasteiger partial charge in [-0.15, -0.1) is 0 Å². The van der Waals surface area contributed by atoms with E-state index >= 15 is 0 Å². The summed E-state index contributed by atoms with van der Waals surface area (Å²) in [5.41, 5.74) is 3.43. The fourth-order valence-electron chi connectivity index (χ4n) is 4.04. The molecule has 0 amide bonds. The molecule has 28 heavy (non-hydrogen) atoms. The minimum atomic E-state index is -0.443. The summed E-state index contributed by atoms with van der Waals surface area (Å²) in [7, 11) is 3.39. The summed E-state index contributed by atoms with van der Waals surface area (Å²) in [6.45, 7) is 0.520. The van der Waals surface area contributed by atoms with Gasteiger partial charge in [0.15, 0.2) is 0 Å². The topological polar surface area (TPSA) is 75.3 Å². The maximum absolute atomic E-state index is 12.5. The molecular weight excluding hydrogens is 354 g/mol. The zero-order valence-electron chi connectivity index (χ0n) is 16.1. The van der Waals surface area contributed by atoms with Crippen LogP contribution in [0.25, 0.3) is 10.9 Å². The van der Waals surface area contributed by atoms with Crippen molar-refractivity contribution in [3.63, 3.8) is 0 Å². The number of aromatic amines is 1. The number of hydrogen-bond acceptors (Lipinski definition) is 5. The molecule has 0 spiro atoms. The first-order valence-electron chi connectivity index (χ1n) is 9.46. The Morgan fingerprint density at radius 2 is 2.11 bits per heavy atom. The number of ether oxygens (including phenoxy) is 1. The molecule has 1 aliphatic rings. The molecule has 1 aliphatic carbocycles. The number of aromatic nitrogens is 2. The summed E-state index contributed by atoms with van der Waals surface area (Å²) in [6, 6.07) is 13.6. The van der Waals surface area contributed by atoms with Gasteiger partial charge in [0.1, 0.15) is 5.82 Å². The van der Waals surface area contributed by atoms with Crippen LogP contribution in [0, 0.1) is 0 Å². The molecule has 3 aromatic rings. The lowest BCUT2D eigenvalue weighted by Crippen LogP contribution is -2.29. The highest BCUT2D eigenvalue weighted by Gasteiger charge is 2.24. The number of nitrogens with one attached hydrogen (secondary N) is 1. The van der Waals surface area contributed by atoms with Gasteiger partial charge >= 0.3 is 5.97 Å². The third-order valence-electron chi connectivity index (χ3n) is 5.45. The van der Waals surface area contributed by atoms with Crippen molar-refractivity contribution in [2.45, 2.75) is 31.8 Å². The van der Waals surface area contributed by atoms with Gasteiger partial charge in [-0.2, -0.15) is 0 Å². The normalized spacial score (nSPS) is 16.2. The van der Waals surface area contributed by atoms with Crippen molar-refractivity contribution in [3.8, 4) is 0 Å². The highest BCUT2D eigenvalue weighted by Crippen LogP contribution is 2.33. The molecule has 1 heterocycles. The van der Waals surface area contributed by atoms with Crippen LogP contribution in [0.1, 0.15) is 46.2 Å². The smallest absolute Gasteiger partial charge is 0.337 e. The number of hydrogen-bond donors (Lipinski definition) is 1. The number of esters is 1. The third-order valence-corrected chi connectivity index (χ3v) is 5.45. The average Bonchev–Trinajstić information content (AvgIpc) is 2.72. The zero-order valence-corrected chi connectivity index (χ0v) is 16.1. The Morgan fingerprint density at radius 3 is 2.93 bits per heavy atom. The molecule has 144 valence electrons. The van der Waals surface area contributed by atoms with E-state index in [1.807, 2.05) is 0 Å². The molecule has 0 fully saturated rings. The fraction of sp³-hybridized carbons (Fsp3) is 0.318. The molecule has 1 atom stereocenters. The van der Waals surface area contributed by atoms with E-state index in [0.29, 0.717) is 34.9 Å². The van der Waals surface area contributed by atoms with Crippen LogP contribution in [-0.4, -0.2) is 35.0 Å². The number of aryl methyl sites for hydroxylation is 1. The first kappa shape index (κ1) is 18.4. The quantitative estimate of drug-likeness (QED) is 0.707. The Kier molecular flexibility index (Phi) is 4.96. The molecule has 1 unspecified atom stereocenters. The monoisotopic (exact) mass is 377 g/mol. The lowest BCUT2D eigenvalue weighted by atomic mass is 9.87. The number of carbonyl (C=O) groups is 1. The second-order valence-corrected chi connectivity index (χ2v) is 7.26. The van der Waals surface area contributed by atoms with Gasteiger partial charge in [0.05, 0.1) is 30.1 Å². The second kappa shape index (κ2) is 7.56. The van der Waals surface area contributed by atoms with Gasteiger partial charge in [-0.05, 0) is 55.6 Å². The Morgan fingerprint density at radius 1 is 1.29 bits per heavy atom. The molecule has 0 saturated carbocycles. The van der Waals surface area contributed by atoms with E-state index in [-0.39, 0.29) is 5.56 Å². The lowest BCUT2D eigenvalue weighted by Gasteiger charge is -2.33. The van der Waals surface area contributed by atoms with Crippen molar-refractivity contribution < 1.29 is 9.53 Å². The van der Waals surface area contributed by atoms with Crippen LogP contribution in [0.2, 0.25) is 0 Å². The van der Waals surface area contributed by atoms with Crippen LogP contribution >= 0.6 is 0 Å². The summed E-state index contributed by atoms with van der Waals surface area (Å²) in [5, 5.41) is 0.460. The van der Waals surface area contributed by atoms with E-state index in [1.165, 1.54) is 18.2 Å². The lowest BCUT2D eigenvalue weighted by molar-refractivity contribution is 0.0601. The van der Waals surface area contributed by atoms with Gasteiger partial charge in [-0.25, -0.2) is 9.78 Å². The number of H-pyrrole nitrogens is 1. The standard InChI is InChI=1S/C22H23N3O3/c1-25(19-9-5-7-14-6-3-4-8-16(14)19)13-20-23-18-12-15(22(27)28-2)10-11-17(18)21(26)24-20/h3-4,6,8,10-12,19H,5,7,9,13H2,1-2H3,(H,23,24,26). The van der Waals surface area contributed by atoms with Crippen molar-refractivity contribution in [2.24, 2.45) is 0 Å². The maximum Gasteiger partial charge on any atom is 0.337 e. The molecule has 6 heteroatoms. The predicted octanol–water partition coefficient (Wildman–Crippen LogP) is 3.22. The number of methoxy groups -OCH3 is 1. The highest BCUT2D eigenvalue weighted by atomic mass is 16.5. The first-order chi connectivity index (χ1) is 13.6. The van der Waals surface area contributed by atoms with Gasteiger partial charge in [-0.3, -0.25) is 9.69 Å². The molecule has 0 saturated heterocycles. The van der Waals surface area contributed by atoms with Gasteiger partial charge in [0.25, 0.3) is 5.56 Å². The third kappa shape index (κ3) is 3.43. The molecule has 4 rings (SSSR count). The molecule has 2 aromatic carbocycles. The first-order valence-corrected chi connectivity index (χ1v) is 9.46. The van der Waals surface area contributed by atoms with Crippen LogP contribution in [0.3, 0.4) is 0 Å². The zero-order chi connectivity index (χ0) is 19.7. The van der Waals surface area contributed by atoms with E-state index in [2.05, 4.69) is 46.2 Å². The molecule has 1 aromatic heterocycles. The molecular formula is C22H23N3O3. The molecule has 1 N–H and O–H groups in total. The van der Waals surface area contributed by atoms with E-state index in [9.17, 15) is 9.59 Å². The van der Waals surface area contributed by atoms with Crippen LogP contribution < -0.4 is 5.56 Å². The van der Waals surface area contributed by atoms with Gasteiger partial charge in [0, 0.05) is 6.04 Å². The summed E-state index contributed by atoms with van der Waals surface area (Å²) < 4.78 is 4.76. The van der Waals surface area contributed by atoms with Crippen LogP contribution in [0.15, 0.2) is 47.3 Å². The average molecular weight is 377 g/mol. The molecule has 0 bridgehead atoms.